The molecule has 1 heteroatoms. The first-order chi connectivity index (χ1) is 3.89. The van der Waals surface area contributed by atoms with Crippen LogP contribution in [0.1, 0.15) is 26.2 Å². The summed E-state index contributed by atoms with van der Waals surface area (Å²) < 4.78 is 0. The first-order valence-corrected chi connectivity index (χ1v) is 3.28. The van der Waals surface area contributed by atoms with E-state index in [2.05, 4.69) is 18.4 Å². The largest absolute Gasteiger partial charge is 0.391 e. The lowest BCUT2D eigenvalue weighted by Gasteiger charge is -1.91. The van der Waals surface area contributed by atoms with Gasteiger partial charge in [0, 0.05) is 6.54 Å². The van der Waals surface area contributed by atoms with Crippen LogP contribution in [0.5, 0.6) is 0 Å². The van der Waals surface area contributed by atoms with E-state index in [1.54, 1.807) is 0 Å². The highest BCUT2D eigenvalue weighted by atomic mass is 14.8. The molecule has 0 spiro atoms. The van der Waals surface area contributed by atoms with Crippen molar-refractivity contribution < 1.29 is 0 Å². The predicted octanol–water partition coefficient (Wildman–Crippen LogP) is 1.66. The molecule has 0 saturated heterocycles. The Bertz CT molecular complexity index is 94.6. The van der Waals surface area contributed by atoms with Gasteiger partial charge in [0.05, 0.1) is 0 Å². The molecule has 0 bridgehead atoms. The molecule has 0 aliphatic carbocycles. The fourth-order valence-corrected chi connectivity index (χ4v) is 0.949. The molecule has 0 unspecified atom stereocenters. The highest BCUT2D eigenvalue weighted by Crippen LogP contribution is 2.07. The maximum absolute atomic E-state index is 3.23. The van der Waals surface area contributed by atoms with Crippen LogP contribution in [0.4, 0.5) is 0 Å². The molecule has 46 valence electrons. The Morgan fingerprint density at radius 3 is 3.25 bits per heavy atom. The van der Waals surface area contributed by atoms with Gasteiger partial charge in [0.1, 0.15) is 0 Å². The number of hydrogen-bond donors (Lipinski definition) is 1. The molecule has 1 rings (SSSR count). The fourth-order valence-electron chi connectivity index (χ4n) is 0.949. The van der Waals surface area contributed by atoms with Crippen molar-refractivity contribution in [3.05, 3.63) is 11.8 Å². The minimum absolute atomic E-state index is 1.16. The van der Waals surface area contributed by atoms with Crippen LogP contribution in [0.15, 0.2) is 11.8 Å². The minimum atomic E-state index is 1.16. The highest BCUT2D eigenvalue weighted by molar-refractivity contribution is 4.97. The highest BCUT2D eigenvalue weighted by Gasteiger charge is 1.94. The number of hydrogen-bond acceptors (Lipinski definition) is 1. The summed E-state index contributed by atoms with van der Waals surface area (Å²) in [4.78, 5) is 0. The zero-order valence-corrected chi connectivity index (χ0v) is 5.41. The zero-order valence-electron chi connectivity index (χ0n) is 5.41. The van der Waals surface area contributed by atoms with Gasteiger partial charge in [-0.05, 0) is 32.4 Å². The van der Waals surface area contributed by atoms with Gasteiger partial charge in [-0.25, -0.2) is 0 Å². The predicted molar refractivity (Wildman–Crippen MR) is 35.6 cm³/mol. The lowest BCUT2D eigenvalue weighted by molar-refractivity contribution is 0.725. The summed E-state index contributed by atoms with van der Waals surface area (Å²) >= 11 is 0. The molecule has 0 aromatic rings. The van der Waals surface area contributed by atoms with Crippen molar-refractivity contribution in [3.63, 3.8) is 0 Å². The van der Waals surface area contributed by atoms with Crippen molar-refractivity contribution in [2.75, 3.05) is 6.54 Å². The summed E-state index contributed by atoms with van der Waals surface area (Å²) in [5.74, 6) is 0. The van der Waals surface area contributed by atoms with E-state index in [-0.39, 0.29) is 0 Å². The first-order valence-electron chi connectivity index (χ1n) is 3.28. The van der Waals surface area contributed by atoms with Gasteiger partial charge >= 0.3 is 0 Å². The molecule has 0 saturated carbocycles. The Labute approximate surface area is 50.8 Å². The third-order valence-electron chi connectivity index (χ3n) is 1.49. The van der Waals surface area contributed by atoms with Crippen molar-refractivity contribution in [1.82, 2.24) is 5.32 Å². The van der Waals surface area contributed by atoms with Crippen LogP contribution in [-0.2, 0) is 0 Å². The van der Waals surface area contributed by atoms with E-state index in [1.807, 2.05) is 0 Å². The summed E-state index contributed by atoms with van der Waals surface area (Å²) in [5, 5.41) is 3.23. The number of nitrogens with one attached hydrogen (secondary N) is 1. The SMILES string of the molecule is CC1=CNCCCC1. The monoisotopic (exact) mass is 111 g/mol. The van der Waals surface area contributed by atoms with Gasteiger partial charge in [0.15, 0.2) is 0 Å². The van der Waals surface area contributed by atoms with Gasteiger partial charge in [-0.3, -0.25) is 0 Å². The molecule has 0 aromatic carbocycles. The maximum Gasteiger partial charge on any atom is 0.0141 e. The van der Waals surface area contributed by atoms with Crippen molar-refractivity contribution in [2.24, 2.45) is 0 Å². The molecule has 0 radical (unpaired) electrons. The minimum Gasteiger partial charge on any atom is -0.391 e. The Hall–Kier alpha value is -0.460. The first kappa shape index (κ1) is 5.67. The second-order valence-corrected chi connectivity index (χ2v) is 2.40. The van der Waals surface area contributed by atoms with E-state index in [9.17, 15) is 0 Å². The Morgan fingerprint density at radius 2 is 2.38 bits per heavy atom. The average molecular weight is 111 g/mol. The van der Waals surface area contributed by atoms with E-state index < -0.39 is 0 Å². The van der Waals surface area contributed by atoms with Gasteiger partial charge in [-0.15, -0.1) is 0 Å². The van der Waals surface area contributed by atoms with Crippen LogP contribution >= 0.6 is 0 Å². The van der Waals surface area contributed by atoms with E-state index >= 15 is 0 Å². The van der Waals surface area contributed by atoms with Crippen LogP contribution in [0.25, 0.3) is 0 Å². The molecule has 1 aliphatic heterocycles. The summed E-state index contributed by atoms with van der Waals surface area (Å²) in [6.07, 6.45) is 6.10. The Morgan fingerprint density at radius 1 is 1.50 bits per heavy atom. The van der Waals surface area contributed by atoms with Gasteiger partial charge in [-0.2, -0.15) is 0 Å². The molecule has 1 nitrogen and oxygen atoms in total. The summed E-state index contributed by atoms with van der Waals surface area (Å²) in [5.41, 5.74) is 1.49. The quantitative estimate of drug-likeness (QED) is 0.501. The van der Waals surface area contributed by atoms with Crippen LogP contribution in [-0.4, -0.2) is 6.54 Å². The molecule has 0 fully saturated rings. The molecule has 1 heterocycles. The summed E-state index contributed by atoms with van der Waals surface area (Å²) in [7, 11) is 0. The second kappa shape index (κ2) is 2.75. The topological polar surface area (TPSA) is 12.0 Å². The van der Waals surface area contributed by atoms with Crippen LogP contribution in [0.3, 0.4) is 0 Å². The standard InChI is InChI=1S/C7H13N/c1-7-4-2-3-5-8-6-7/h6,8H,2-5H2,1H3. The van der Waals surface area contributed by atoms with E-state index in [0.717, 1.165) is 6.54 Å². The van der Waals surface area contributed by atoms with E-state index in [1.165, 1.54) is 24.8 Å². The summed E-state index contributed by atoms with van der Waals surface area (Å²) in [6.45, 7) is 3.34. The van der Waals surface area contributed by atoms with Gasteiger partial charge < -0.3 is 5.32 Å². The smallest absolute Gasteiger partial charge is 0.0141 e. The number of rotatable bonds is 0. The number of allylic oxidation sites excluding steroid dienone is 1. The molecule has 1 N–H and O–H groups in total. The van der Waals surface area contributed by atoms with E-state index in [0.29, 0.717) is 0 Å². The Balaban J connectivity index is 2.36. The molecule has 1 aliphatic rings. The average Bonchev–Trinajstić information content (AvgIpc) is 1.94. The van der Waals surface area contributed by atoms with Crippen LogP contribution < -0.4 is 5.32 Å². The Kier molecular flexibility index (Phi) is 1.95. The van der Waals surface area contributed by atoms with Crippen molar-refractivity contribution in [2.45, 2.75) is 26.2 Å². The molecular formula is C7H13N. The van der Waals surface area contributed by atoms with Gasteiger partial charge in [-0.1, -0.05) is 5.57 Å². The van der Waals surface area contributed by atoms with Crippen molar-refractivity contribution in [1.29, 1.82) is 0 Å². The maximum atomic E-state index is 3.23. The van der Waals surface area contributed by atoms with Gasteiger partial charge in [0.2, 0.25) is 0 Å². The zero-order chi connectivity index (χ0) is 5.82. The van der Waals surface area contributed by atoms with Crippen LogP contribution in [0, 0.1) is 0 Å². The molecule has 0 aromatic heterocycles. The van der Waals surface area contributed by atoms with E-state index in [4.69, 9.17) is 0 Å². The molecule has 0 atom stereocenters. The second-order valence-electron chi connectivity index (χ2n) is 2.40. The summed E-state index contributed by atoms with van der Waals surface area (Å²) in [6, 6.07) is 0. The van der Waals surface area contributed by atoms with Crippen molar-refractivity contribution >= 4 is 0 Å². The third-order valence-corrected chi connectivity index (χ3v) is 1.49. The third kappa shape index (κ3) is 1.57. The van der Waals surface area contributed by atoms with Gasteiger partial charge in [0.25, 0.3) is 0 Å². The lowest BCUT2D eigenvalue weighted by atomic mass is 10.2. The fraction of sp³-hybridized carbons (Fsp3) is 0.714. The van der Waals surface area contributed by atoms with Crippen molar-refractivity contribution in [3.8, 4) is 0 Å². The normalized spacial score (nSPS) is 20.9. The molecular weight excluding hydrogens is 98.1 g/mol. The van der Waals surface area contributed by atoms with Crippen LogP contribution in [0.2, 0.25) is 0 Å². The molecule has 8 heavy (non-hydrogen) atoms. The molecule has 0 amide bonds. The lowest BCUT2D eigenvalue weighted by Crippen LogP contribution is -2.03.